The zero-order valence-corrected chi connectivity index (χ0v) is 10.3. The van der Waals surface area contributed by atoms with Gasteiger partial charge in [-0.3, -0.25) is 4.90 Å². The maximum absolute atomic E-state index is 12.9. The standard InChI is InChI=1S/C13H18FN3O/c14-13-6-10(3-4-15-13)16-7-12-8-17-5-1-2-11(17)9-18-12/h3-4,6,11-12H,1-2,5,7-9H2,(H,15,16). The average molecular weight is 251 g/mol. The zero-order valence-electron chi connectivity index (χ0n) is 10.3. The Morgan fingerprint density at radius 1 is 1.56 bits per heavy atom. The van der Waals surface area contributed by atoms with E-state index in [1.165, 1.54) is 31.6 Å². The van der Waals surface area contributed by atoms with Gasteiger partial charge in [-0.1, -0.05) is 0 Å². The van der Waals surface area contributed by atoms with E-state index in [1.54, 1.807) is 6.07 Å². The van der Waals surface area contributed by atoms with Gasteiger partial charge in [0.1, 0.15) is 0 Å². The molecule has 98 valence electrons. The Balaban J connectivity index is 1.51. The second-order valence-corrected chi connectivity index (χ2v) is 4.99. The number of anilines is 1. The molecule has 2 unspecified atom stereocenters. The molecule has 0 aliphatic carbocycles. The van der Waals surface area contributed by atoms with Gasteiger partial charge in [0, 0.05) is 37.1 Å². The van der Waals surface area contributed by atoms with Crippen LogP contribution in [0.1, 0.15) is 12.8 Å². The van der Waals surface area contributed by atoms with Crippen LogP contribution >= 0.6 is 0 Å². The van der Waals surface area contributed by atoms with Gasteiger partial charge in [-0.25, -0.2) is 4.98 Å². The van der Waals surface area contributed by atoms with Gasteiger partial charge < -0.3 is 10.1 Å². The number of morpholine rings is 1. The number of nitrogens with one attached hydrogen (secondary N) is 1. The molecule has 5 heteroatoms. The van der Waals surface area contributed by atoms with Gasteiger partial charge in [-0.05, 0) is 25.5 Å². The van der Waals surface area contributed by atoms with Crippen molar-refractivity contribution in [2.45, 2.75) is 25.0 Å². The highest BCUT2D eigenvalue weighted by molar-refractivity contribution is 5.41. The minimum absolute atomic E-state index is 0.190. The van der Waals surface area contributed by atoms with Crippen LogP contribution in [0.4, 0.5) is 10.1 Å². The summed E-state index contributed by atoms with van der Waals surface area (Å²) in [4.78, 5) is 6.03. The number of hydrogen-bond acceptors (Lipinski definition) is 4. The lowest BCUT2D eigenvalue weighted by Gasteiger charge is -2.35. The Morgan fingerprint density at radius 3 is 3.39 bits per heavy atom. The van der Waals surface area contributed by atoms with E-state index in [0.29, 0.717) is 12.6 Å². The summed E-state index contributed by atoms with van der Waals surface area (Å²) in [5.74, 6) is -0.454. The van der Waals surface area contributed by atoms with Gasteiger partial charge in [-0.2, -0.15) is 4.39 Å². The summed E-state index contributed by atoms with van der Waals surface area (Å²) in [6, 6.07) is 3.80. The molecule has 0 amide bonds. The SMILES string of the molecule is Fc1cc(NCC2CN3CCCC3CO2)ccn1. The second kappa shape index (κ2) is 5.20. The summed E-state index contributed by atoms with van der Waals surface area (Å²) < 4.78 is 18.7. The van der Waals surface area contributed by atoms with Gasteiger partial charge in [0.15, 0.2) is 0 Å². The van der Waals surface area contributed by atoms with Gasteiger partial charge in [0.25, 0.3) is 0 Å². The van der Waals surface area contributed by atoms with Gasteiger partial charge >= 0.3 is 0 Å². The Bertz CT molecular complexity index is 415. The Hall–Kier alpha value is -1.20. The third-order valence-electron chi connectivity index (χ3n) is 3.72. The molecule has 1 aromatic heterocycles. The van der Waals surface area contributed by atoms with E-state index in [2.05, 4.69) is 15.2 Å². The van der Waals surface area contributed by atoms with Crippen LogP contribution in [0.15, 0.2) is 18.3 Å². The summed E-state index contributed by atoms with van der Waals surface area (Å²) in [5, 5.41) is 3.20. The smallest absolute Gasteiger partial charge is 0.214 e. The Kier molecular flexibility index (Phi) is 3.43. The van der Waals surface area contributed by atoms with Crippen LogP contribution in [-0.4, -0.2) is 48.3 Å². The molecule has 2 atom stereocenters. The fraction of sp³-hybridized carbons (Fsp3) is 0.615. The van der Waals surface area contributed by atoms with E-state index in [4.69, 9.17) is 4.74 Å². The molecule has 2 aliphatic rings. The number of pyridine rings is 1. The topological polar surface area (TPSA) is 37.4 Å². The van der Waals surface area contributed by atoms with Crippen molar-refractivity contribution in [3.63, 3.8) is 0 Å². The highest BCUT2D eigenvalue weighted by Crippen LogP contribution is 2.22. The van der Waals surface area contributed by atoms with E-state index < -0.39 is 5.95 Å². The van der Waals surface area contributed by atoms with Crippen molar-refractivity contribution in [2.24, 2.45) is 0 Å². The highest BCUT2D eigenvalue weighted by Gasteiger charge is 2.31. The number of rotatable bonds is 3. The molecule has 0 radical (unpaired) electrons. The first-order valence-electron chi connectivity index (χ1n) is 6.52. The fourth-order valence-corrected chi connectivity index (χ4v) is 2.75. The van der Waals surface area contributed by atoms with Crippen molar-refractivity contribution < 1.29 is 9.13 Å². The zero-order chi connectivity index (χ0) is 12.4. The largest absolute Gasteiger partial charge is 0.382 e. The van der Waals surface area contributed by atoms with Crippen molar-refractivity contribution in [1.29, 1.82) is 0 Å². The second-order valence-electron chi connectivity index (χ2n) is 4.99. The van der Waals surface area contributed by atoms with Crippen molar-refractivity contribution in [2.75, 3.05) is 31.6 Å². The van der Waals surface area contributed by atoms with Crippen LogP contribution in [0, 0.1) is 5.95 Å². The molecule has 0 saturated carbocycles. The van der Waals surface area contributed by atoms with Crippen LogP contribution in [0.2, 0.25) is 0 Å². The van der Waals surface area contributed by atoms with Crippen LogP contribution < -0.4 is 5.32 Å². The van der Waals surface area contributed by atoms with Gasteiger partial charge in [0.05, 0.1) is 12.7 Å². The van der Waals surface area contributed by atoms with Gasteiger partial charge in [0.2, 0.25) is 5.95 Å². The third kappa shape index (κ3) is 2.62. The first-order valence-corrected chi connectivity index (χ1v) is 6.52. The fourth-order valence-electron chi connectivity index (χ4n) is 2.75. The normalized spacial score (nSPS) is 28.1. The van der Waals surface area contributed by atoms with Crippen LogP contribution in [-0.2, 0) is 4.74 Å². The minimum Gasteiger partial charge on any atom is -0.382 e. The first kappa shape index (κ1) is 11.9. The molecular weight excluding hydrogens is 233 g/mol. The van der Waals surface area contributed by atoms with Gasteiger partial charge in [-0.15, -0.1) is 0 Å². The first-order chi connectivity index (χ1) is 8.81. The maximum Gasteiger partial charge on any atom is 0.214 e. The van der Waals surface area contributed by atoms with Crippen molar-refractivity contribution in [1.82, 2.24) is 9.88 Å². The van der Waals surface area contributed by atoms with E-state index >= 15 is 0 Å². The maximum atomic E-state index is 12.9. The number of nitrogens with zero attached hydrogens (tertiary/aromatic N) is 2. The predicted molar refractivity (Wildman–Crippen MR) is 67.0 cm³/mol. The minimum atomic E-state index is -0.454. The number of aromatic nitrogens is 1. The van der Waals surface area contributed by atoms with Crippen LogP contribution in [0.25, 0.3) is 0 Å². The van der Waals surface area contributed by atoms with Crippen LogP contribution in [0.3, 0.4) is 0 Å². The molecule has 1 N–H and O–H groups in total. The number of ether oxygens (including phenoxy) is 1. The highest BCUT2D eigenvalue weighted by atomic mass is 19.1. The molecule has 0 spiro atoms. The molecule has 3 heterocycles. The Morgan fingerprint density at radius 2 is 2.50 bits per heavy atom. The summed E-state index contributed by atoms with van der Waals surface area (Å²) in [5.41, 5.74) is 0.759. The molecule has 2 aliphatic heterocycles. The average Bonchev–Trinajstić information content (AvgIpc) is 2.84. The lowest BCUT2D eigenvalue weighted by atomic mass is 10.2. The van der Waals surface area contributed by atoms with Crippen molar-refractivity contribution in [3.8, 4) is 0 Å². The van der Waals surface area contributed by atoms with Crippen LogP contribution in [0.5, 0.6) is 0 Å². The molecule has 2 fully saturated rings. The summed E-state index contributed by atoms with van der Waals surface area (Å²) in [6.45, 7) is 3.71. The molecular formula is C13H18FN3O. The van der Waals surface area contributed by atoms with E-state index in [1.807, 2.05) is 0 Å². The van der Waals surface area contributed by atoms with E-state index in [9.17, 15) is 4.39 Å². The predicted octanol–water partition coefficient (Wildman–Crippen LogP) is 1.50. The molecule has 3 rings (SSSR count). The molecule has 4 nitrogen and oxygen atoms in total. The molecule has 18 heavy (non-hydrogen) atoms. The summed E-state index contributed by atoms with van der Waals surface area (Å²) in [6.07, 6.45) is 4.20. The molecule has 2 saturated heterocycles. The summed E-state index contributed by atoms with van der Waals surface area (Å²) in [7, 11) is 0. The van der Waals surface area contributed by atoms with Crippen molar-refractivity contribution in [3.05, 3.63) is 24.3 Å². The molecule has 1 aromatic rings. The monoisotopic (exact) mass is 251 g/mol. The van der Waals surface area contributed by atoms with Crippen molar-refractivity contribution >= 4 is 5.69 Å². The summed E-state index contributed by atoms with van der Waals surface area (Å²) >= 11 is 0. The Labute approximate surface area is 106 Å². The number of halogens is 1. The quantitative estimate of drug-likeness (QED) is 0.826. The van der Waals surface area contributed by atoms with E-state index in [-0.39, 0.29) is 6.10 Å². The number of fused-ring (bicyclic) bond motifs is 1. The molecule has 0 aromatic carbocycles. The third-order valence-corrected chi connectivity index (χ3v) is 3.72. The lowest BCUT2D eigenvalue weighted by Crippen LogP contribution is -2.48. The molecule has 0 bridgehead atoms. The lowest BCUT2D eigenvalue weighted by molar-refractivity contribution is -0.0415. The number of hydrogen-bond donors (Lipinski definition) is 1. The van der Waals surface area contributed by atoms with E-state index in [0.717, 1.165) is 18.8 Å².